The standard InChI is InChI=1S/C17H18N2O4S/c1-8(20)19-17-14(16(18)21)10-5-4-9-6-12(22-2)13(23-3)7-11(9)15(10)24-17/h6-7H,4-5H2,1-3H3,(H2,18,21)(H,19,20). The van der Waals surface area contributed by atoms with Crippen LogP contribution in [0.5, 0.6) is 11.5 Å². The molecular formula is C17H18N2O4S. The van der Waals surface area contributed by atoms with Gasteiger partial charge in [-0.05, 0) is 41.7 Å². The highest BCUT2D eigenvalue weighted by atomic mass is 32.1. The Bertz CT molecular complexity index is 842. The van der Waals surface area contributed by atoms with Crippen molar-refractivity contribution in [1.29, 1.82) is 0 Å². The molecule has 0 saturated carbocycles. The van der Waals surface area contributed by atoms with E-state index in [1.807, 2.05) is 12.1 Å². The van der Waals surface area contributed by atoms with E-state index in [9.17, 15) is 9.59 Å². The molecule has 1 aromatic carbocycles. The SMILES string of the molecule is COc1cc2c(cc1OC)-c1sc(NC(C)=O)c(C(N)=O)c1CC2. The van der Waals surface area contributed by atoms with Crippen molar-refractivity contribution in [2.24, 2.45) is 5.73 Å². The summed E-state index contributed by atoms with van der Waals surface area (Å²) >= 11 is 1.36. The predicted octanol–water partition coefficient (Wildman–Crippen LogP) is 2.59. The monoisotopic (exact) mass is 346 g/mol. The maximum Gasteiger partial charge on any atom is 0.252 e. The summed E-state index contributed by atoms with van der Waals surface area (Å²) in [5, 5.41) is 3.22. The highest BCUT2D eigenvalue weighted by Crippen LogP contribution is 2.47. The number of carbonyl (C=O) groups is 2. The topological polar surface area (TPSA) is 90.7 Å². The number of hydrogen-bond acceptors (Lipinski definition) is 5. The summed E-state index contributed by atoms with van der Waals surface area (Å²) in [6.07, 6.45) is 1.45. The molecule has 0 fully saturated rings. The predicted molar refractivity (Wildman–Crippen MR) is 93.1 cm³/mol. The van der Waals surface area contributed by atoms with Crippen molar-refractivity contribution < 1.29 is 19.1 Å². The van der Waals surface area contributed by atoms with Gasteiger partial charge in [0.15, 0.2) is 11.5 Å². The Kier molecular flexibility index (Phi) is 4.19. The van der Waals surface area contributed by atoms with Crippen molar-refractivity contribution in [3.05, 3.63) is 28.8 Å². The number of anilines is 1. The van der Waals surface area contributed by atoms with Crippen LogP contribution in [-0.4, -0.2) is 26.0 Å². The summed E-state index contributed by atoms with van der Waals surface area (Å²) in [6.45, 7) is 1.41. The Morgan fingerprint density at radius 3 is 2.42 bits per heavy atom. The van der Waals surface area contributed by atoms with Gasteiger partial charge in [0.1, 0.15) is 5.00 Å². The molecule has 6 nitrogen and oxygen atoms in total. The van der Waals surface area contributed by atoms with Crippen LogP contribution in [0, 0.1) is 0 Å². The van der Waals surface area contributed by atoms with E-state index in [1.54, 1.807) is 14.2 Å². The van der Waals surface area contributed by atoms with Crippen LogP contribution in [0.15, 0.2) is 12.1 Å². The lowest BCUT2D eigenvalue weighted by Gasteiger charge is -2.19. The van der Waals surface area contributed by atoms with Gasteiger partial charge in [0, 0.05) is 11.8 Å². The number of hydrogen-bond donors (Lipinski definition) is 2. The fraction of sp³-hybridized carbons (Fsp3) is 0.294. The molecule has 0 spiro atoms. The number of rotatable bonds is 4. The van der Waals surface area contributed by atoms with E-state index in [1.165, 1.54) is 18.3 Å². The van der Waals surface area contributed by atoms with Gasteiger partial charge in [0.2, 0.25) is 5.91 Å². The van der Waals surface area contributed by atoms with Gasteiger partial charge >= 0.3 is 0 Å². The number of fused-ring (bicyclic) bond motifs is 3. The Morgan fingerprint density at radius 2 is 1.83 bits per heavy atom. The largest absolute Gasteiger partial charge is 0.493 e. The third-order valence-electron chi connectivity index (χ3n) is 4.04. The van der Waals surface area contributed by atoms with E-state index in [0.717, 1.165) is 28.0 Å². The van der Waals surface area contributed by atoms with Crippen LogP contribution in [0.25, 0.3) is 10.4 Å². The second kappa shape index (κ2) is 6.16. The van der Waals surface area contributed by atoms with Crippen molar-refractivity contribution in [2.45, 2.75) is 19.8 Å². The third kappa shape index (κ3) is 2.60. The van der Waals surface area contributed by atoms with Crippen LogP contribution in [-0.2, 0) is 17.6 Å². The first kappa shape index (κ1) is 16.3. The molecule has 24 heavy (non-hydrogen) atoms. The second-order valence-corrected chi connectivity index (χ2v) is 6.54. The third-order valence-corrected chi connectivity index (χ3v) is 5.22. The van der Waals surface area contributed by atoms with Crippen LogP contribution < -0.4 is 20.5 Å². The minimum Gasteiger partial charge on any atom is -0.493 e. The Hall–Kier alpha value is -2.54. The lowest BCUT2D eigenvalue weighted by Crippen LogP contribution is -2.17. The van der Waals surface area contributed by atoms with Gasteiger partial charge in [0.05, 0.1) is 19.8 Å². The molecule has 2 aromatic rings. The van der Waals surface area contributed by atoms with Crippen molar-refractivity contribution >= 4 is 28.2 Å². The van der Waals surface area contributed by atoms with Crippen LogP contribution in [0.4, 0.5) is 5.00 Å². The van der Waals surface area contributed by atoms with Crippen molar-refractivity contribution in [2.75, 3.05) is 19.5 Å². The van der Waals surface area contributed by atoms with Gasteiger partial charge in [-0.3, -0.25) is 9.59 Å². The van der Waals surface area contributed by atoms with E-state index in [0.29, 0.717) is 28.5 Å². The van der Waals surface area contributed by atoms with Crippen LogP contribution in [0.1, 0.15) is 28.4 Å². The molecule has 0 radical (unpaired) electrons. The smallest absolute Gasteiger partial charge is 0.252 e. The average Bonchev–Trinajstić information content (AvgIpc) is 2.90. The molecule has 7 heteroatoms. The number of ether oxygens (including phenoxy) is 2. The Morgan fingerprint density at radius 1 is 1.17 bits per heavy atom. The zero-order chi connectivity index (χ0) is 17.4. The molecule has 3 N–H and O–H groups in total. The number of aryl methyl sites for hydroxylation is 1. The highest BCUT2D eigenvalue weighted by Gasteiger charge is 2.28. The first-order valence-electron chi connectivity index (χ1n) is 7.44. The number of amides is 2. The Balaban J connectivity index is 2.21. The van der Waals surface area contributed by atoms with Crippen molar-refractivity contribution in [3.8, 4) is 21.9 Å². The van der Waals surface area contributed by atoms with Gasteiger partial charge in [-0.1, -0.05) is 0 Å². The zero-order valence-corrected chi connectivity index (χ0v) is 14.5. The van der Waals surface area contributed by atoms with E-state index in [4.69, 9.17) is 15.2 Å². The fourth-order valence-electron chi connectivity index (χ4n) is 3.03. The molecule has 0 atom stereocenters. The average molecular weight is 346 g/mol. The van der Waals surface area contributed by atoms with Crippen LogP contribution in [0.3, 0.4) is 0 Å². The molecule has 1 aliphatic carbocycles. The summed E-state index contributed by atoms with van der Waals surface area (Å²) in [6, 6.07) is 3.86. The molecule has 0 unspecified atom stereocenters. The summed E-state index contributed by atoms with van der Waals surface area (Å²) in [5.41, 5.74) is 8.95. The summed E-state index contributed by atoms with van der Waals surface area (Å²) < 4.78 is 10.7. The molecular weight excluding hydrogens is 328 g/mol. The molecule has 0 saturated heterocycles. The quantitative estimate of drug-likeness (QED) is 0.890. The second-order valence-electron chi connectivity index (χ2n) is 5.52. The summed E-state index contributed by atoms with van der Waals surface area (Å²) in [5.74, 6) is 0.538. The minimum absolute atomic E-state index is 0.233. The Labute approximate surface area is 143 Å². The molecule has 3 rings (SSSR count). The number of thiophene rings is 1. The molecule has 1 aliphatic rings. The lowest BCUT2D eigenvalue weighted by atomic mass is 9.88. The summed E-state index contributed by atoms with van der Waals surface area (Å²) in [7, 11) is 3.18. The van der Waals surface area contributed by atoms with E-state index >= 15 is 0 Å². The fourth-order valence-corrected chi connectivity index (χ4v) is 4.38. The highest BCUT2D eigenvalue weighted by molar-refractivity contribution is 7.20. The number of carbonyl (C=O) groups excluding carboxylic acids is 2. The molecule has 0 aliphatic heterocycles. The number of nitrogens with two attached hydrogens (primary N) is 1. The molecule has 2 amide bonds. The van der Waals surface area contributed by atoms with Gasteiger partial charge in [-0.2, -0.15) is 0 Å². The van der Waals surface area contributed by atoms with Gasteiger partial charge < -0.3 is 20.5 Å². The van der Waals surface area contributed by atoms with Gasteiger partial charge in [0.25, 0.3) is 5.91 Å². The lowest BCUT2D eigenvalue weighted by molar-refractivity contribution is -0.114. The molecule has 0 bridgehead atoms. The first-order chi connectivity index (χ1) is 11.5. The zero-order valence-electron chi connectivity index (χ0n) is 13.7. The van der Waals surface area contributed by atoms with Crippen LogP contribution in [0.2, 0.25) is 0 Å². The van der Waals surface area contributed by atoms with Crippen molar-refractivity contribution in [1.82, 2.24) is 0 Å². The maximum atomic E-state index is 11.9. The maximum absolute atomic E-state index is 11.9. The molecule has 1 aromatic heterocycles. The summed E-state index contributed by atoms with van der Waals surface area (Å²) in [4.78, 5) is 24.3. The molecule has 1 heterocycles. The minimum atomic E-state index is -0.528. The number of nitrogens with one attached hydrogen (secondary N) is 1. The molecule has 126 valence electrons. The van der Waals surface area contributed by atoms with Gasteiger partial charge in [-0.15, -0.1) is 11.3 Å². The number of primary amides is 1. The van der Waals surface area contributed by atoms with E-state index in [2.05, 4.69) is 5.32 Å². The van der Waals surface area contributed by atoms with Gasteiger partial charge in [-0.25, -0.2) is 0 Å². The number of methoxy groups -OCH3 is 2. The van der Waals surface area contributed by atoms with E-state index < -0.39 is 5.91 Å². The first-order valence-corrected chi connectivity index (χ1v) is 8.26. The van der Waals surface area contributed by atoms with E-state index in [-0.39, 0.29) is 5.91 Å². The van der Waals surface area contributed by atoms with Crippen molar-refractivity contribution in [3.63, 3.8) is 0 Å². The number of benzene rings is 1. The van der Waals surface area contributed by atoms with Crippen LogP contribution >= 0.6 is 11.3 Å². The normalized spacial score (nSPS) is 12.1.